The van der Waals surface area contributed by atoms with E-state index < -0.39 is 0 Å². The van der Waals surface area contributed by atoms with Crippen LogP contribution in [0.15, 0.2) is 224 Å². The molecule has 0 unspecified atom stereocenters. The van der Waals surface area contributed by atoms with Gasteiger partial charge in [-0.3, -0.25) is 0 Å². The van der Waals surface area contributed by atoms with E-state index in [1.807, 2.05) is 78.9 Å². The zero-order valence-corrected chi connectivity index (χ0v) is 36.3. The molecule has 4 heteroatoms. The highest BCUT2D eigenvalue weighted by atomic mass is 15.0. The van der Waals surface area contributed by atoms with Crippen molar-refractivity contribution in [3.8, 4) is 78.7 Å². The maximum absolute atomic E-state index is 5.01. The summed E-state index contributed by atoms with van der Waals surface area (Å²) in [5.74, 6) is 1.96. The molecule has 304 valence electrons. The molecule has 0 amide bonds. The molecule has 0 bridgehead atoms. The maximum Gasteiger partial charge on any atom is 0.242 e. The Labute approximate surface area is 377 Å². The SMILES string of the molecule is Cc1ccccc1.Cc1ccccc1-c1c(C)cccc1-c1ccc(B2c3ccccc3-c3ccc(-c4cccc(-c5nc(-c6ccccc6)nc(-c6ccccc6)n5)c4)cc32)cc1. The highest BCUT2D eigenvalue weighted by Crippen LogP contribution is 2.37. The van der Waals surface area contributed by atoms with Crippen molar-refractivity contribution in [2.24, 2.45) is 0 Å². The van der Waals surface area contributed by atoms with Crippen LogP contribution >= 0.6 is 0 Å². The molecule has 1 aliphatic heterocycles. The third-order valence-corrected chi connectivity index (χ3v) is 12.3. The highest BCUT2D eigenvalue weighted by Gasteiger charge is 2.33. The zero-order chi connectivity index (χ0) is 43.4. The Hall–Kier alpha value is -7.95. The van der Waals surface area contributed by atoms with Gasteiger partial charge in [-0.15, -0.1) is 0 Å². The molecular weight excluding hydrogens is 773 g/mol. The summed E-state index contributed by atoms with van der Waals surface area (Å²) < 4.78 is 0. The Morgan fingerprint density at radius 1 is 0.297 bits per heavy atom. The average Bonchev–Trinajstić information content (AvgIpc) is 3.69. The van der Waals surface area contributed by atoms with E-state index in [-0.39, 0.29) is 6.71 Å². The van der Waals surface area contributed by atoms with Crippen LogP contribution in [0.3, 0.4) is 0 Å². The Morgan fingerprint density at radius 3 is 1.41 bits per heavy atom. The predicted molar refractivity (Wildman–Crippen MR) is 270 cm³/mol. The number of rotatable bonds is 7. The number of fused-ring (bicyclic) bond motifs is 3. The van der Waals surface area contributed by atoms with E-state index in [0.29, 0.717) is 17.5 Å². The van der Waals surface area contributed by atoms with Crippen molar-refractivity contribution >= 4 is 23.1 Å². The van der Waals surface area contributed by atoms with Gasteiger partial charge in [0, 0.05) is 16.7 Å². The monoisotopic (exact) mass is 819 g/mol. The number of aryl methyl sites for hydroxylation is 3. The Balaban J connectivity index is 0.000000634. The summed E-state index contributed by atoms with van der Waals surface area (Å²) in [6.45, 7) is 6.62. The Kier molecular flexibility index (Phi) is 11.2. The predicted octanol–water partition coefficient (Wildman–Crippen LogP) is 13.0. The van der Waals surface area contributed by atoms with Crippen molar-refractivity contribution in [1.82, 2.24) is 15.0 Å². The van der Waals surface area contributed by atoms with Crippen LogP contribution in [0.5, 0.6) is 0 Å². The van der Waals surface area contributed by atoms with E-state index in [2.05, 4.69) is 166 Å². The van der Waals surface area contributed by atoms with Crippen molar-refractivity contribution in [2.45, 2.75) is 20.8 Å². The molecule has 0 spiro atoms. The molecule has 0 radical (unpaired) electrons. The first-order valence-corrected chi connectivity index (χ1v) is 22.0. The fourth-order valence-corrected chi connectivity index (χ4v) is 9.03. The normalized spacial score (nSPS) is 11.3. The van der Waals surface area contributed by atoms with Gasteiger partial charge in [0.2, 0.25) is 6.71 Å². The molecule has 0 saturated carbocycles. The fourth-order valence-electron chi connectivity index (χ4n) is 9.03. The second-order valence-electron chi connectivity index (χ2n) is 16.5. The van der Waals surface area contributed by atoms with E-state index in [4.69, 9.17) is 15.0 Å². The summed E-state index contributed by atoms with van der Waals surface area (Å²) in [5.41, 5.74) is 20.6. The summed E-state index contributed by atoms with van der Waals surface area (Å²) in [6, 6.07) is 79.5. The maximum atomic E-state index is 5.01. The molecule has 2 heterocycles. The van der Waals surface area contributed by atoms with Gasteiger partial charge in [-0.05, 0) is 82.5 Å². The van der Waals surface area contributed by atoms with Crippen molar-refractivity contribution in [1.29, 1.82) is 0 Å². The molecule has 1 aliphatic rings. The van der Waals surface area contributed by atoms with Crippen LogP contribution in [-0.4, -0.2) is 21.7 Å². The first-order valence-electron chi connectivity index (χ1n) is 22.0. The lowest BCUT2D eigenvalue weighted by Crippen LogP contribution is -2.48. The number of nitrogens with zero attached hydrogens (tertiary/aromatic N) is 3. The molecule has 1 aromatic heterocycles. The highest BCUT2D eigenvalue weighted by molar-refractivity contribution is 6.99. The Bertz CT molecular complexity index is 3180. The number of hydrogen-bond donors (Lipinski definition) is 0. The van der Waals surface area contributed by atoms with Gasteiger partial charge in [0.05, 0.1) is 0 Å². The summed E-state index contributed by atoms with van der Waals surface area (Å²) in [5, 5.41) is 0. The number of benzene rings is 9. The van der Waals surface area contributed by atoms with E-state index >= 15 is 0 Å². The molecule has 0 fully saturated rings. The molecule has 0 aliphatic carbocycles. The molecule has 9 aromatic carbocycles. The van der Waals surface area contributed by atoms with Crippen LogP contribution in [0.4, 0.5) is 0 Å². The largest absolute Gasteiger partial charge is 0.242 e. The van der Waals surface area contributed by atoms with Gasteiger partial charge in [-0.2, -0.15) is 0 Å². The van der Waals surface area contributed by atoms with E-state index in [1.165, 1.54) is 66.5 Å². The van der Waals surface area contributed by atoms with Crippen molar-refractivity contribution in [2.75, 3.05) is 0 Å². The van der Waals surface area contributed by atoms with Gasteiger partial charge in [0.25, 0.3) is 0 Å². The van der Waals surface area contributed by atoms with Crippen LogP contribution in [0.25, 0.3) is 78.7 Å². The van der Waals surface area contributed by atoms with Crippen molar-refractivity contribution in [3.63, 3.8) is 0 Å². The topological polar surface area (TPSA) is 38.7 Å². The second kappa shape index (κ2) is 17.8. The summed E-state index contributed by atoms with van der Waals surface area (Å²) in [7, 11) is 0. The van der Waals surface area contributed by atoms with Gasteiger partial charge in [-0.1, -0.05) is 240 Å². The van der Waals surface area contributed by atoms with E-state index in [9.17, 15) is 0 Å². The van der Waals surface area contributed by atoms with Gasteiger partial charge in [-0.25, -0.2) is 15.0 Å². The van der Waals surface area contributed by atoms with Gasteiger partial charge in [0.1, 0.15) is 0 Å². The van der Waals surface area contributed by atoms with Crippen LogP contribution in [0.2, 0.25) is 0 Å². The van der Waals surface area contributed by atoms with Crippen LogP contribution in [0.1, 0.15) is 16.7 Å². The molecule has 0 saturated heterocycles. The zero-order valence-electron chi connectivity index (χ0n) is 36.3. The lowest BCUT2D eigenvalue weighted by atomic mass is 9.39. The molecule has 0 N–H and O–H groups in total. The standard InChI is InChI=1S/C53H38BN3.C7H8/c1-35-15-9-10-23-44(35)50-36(2)16-13-25-45(50)37-27-30-43(31-28-37)54-48-26-12-11-24-46(48)47-32-29-41(34-49(47)54)40-21-14-22-42(33-40)53-56-51(38-17-5-3-6-18-38)55-52(57-53)39-19-7-4-8-20-39;1-7-5-3-2-4-6-7/h3-34H,1-2H3;2-6H,1H3. The minimum Gasteiger partial charge on any atom is -0.208 e. The summed E-state index contributed by atoms with van der Waals surface area (Å²) in [6.07, 6.45) is 0. The fraction of sp³-hybridized carbons (Fsp3) is 0.0500. The van der Waals surface area contributed by atoms with Crippen LogP contribution in [-0.2, 0) is 0 Å². The molecule has 64 heavy (non-hydrogen) atoms. The number of hydrogen-bond acceptors (Lipinski definition) is 3. The molecule has 10 aromatic rings. The van der Waals surface area contributed by atoms with Crippen LogP contribution < -0.4 is 16.4 Å². The third kappa shape index (κ3) is 8.10. The summed E-state index contributed by atoms with van der Waals surface area (Å²) in [4.78, 5) is 14.9. The van der Waals surface area contributed by atoms with Crippen molar-refractivity contribution in [3.05, 3.63) is 241 Å². The third-order valence-electron chi connectivity index (χ3n) is 12.3. The lowest BCUT2D eigenvalue weighted by Gasteiger charge is -2.17. The molecular formula is C60H46BN3. The minimum absolute atomic E-state index is 0.118. The smallest absolute Gasteiger partial charge is 0.208 e. The summed E-state index contributed by atoms with van der Waals surface area (Å²) >= 11 is 0. The average molecular weight is 820 g/mol. The molecule has 3 nitrogen and oxygen atoms in total. The van der Waals surface area contributed by atoms with Crippen molar-refractivity contribution < 1.29 is 0 Å². The Morgan fingerprint density at radius 2 is 0.766 bits per heavy atom. The van der Waals surface area contributed by atoms with E-state index in [1.54, 1.807) is 0 Å². The lowest BCUT2D eigenvalue weighted by molar-refractivity contribution is 1.07. The van der Waals surface area contributed by atoms with Gasteiger partial charge < -0.3 is 0 Å². The first-order chi connectivity index (χ1) is 31.5. The first kappa shape index (κ1) is 40.1. The van der Waals surface area contributed by atoms with Crippen LogP contribution in [0, 0.1) is 20.8 Å². The number of aromatic nitrogens is 3. The minimum atomic E-state index is 0.118. The molecule has 0 atom stereocenters. The van der Waals surface area contributed by atoms with E-state index in [0.717, 1.165) is 27.8 Å². The van der Waals surface area contributed by atoms with Gasteiger partial charge in [0.15, 0.2) is 17.5 Å². The second-order valence-corrected chi connectivity index (χ2v) is 16.5. The quantitative estimate of drug-likeness (QED) is 0.150. The van der Waals surface area contributed by atoms with Gasteiger partial charge >= 0.3 is 0 Å². The molecule has 11 rings (SSSR count).